The first-order chi connectivity index (χ1) is 7.33. The third-order valence-corrected chi connectivity index (χ3v) is 5.24. The van der Waals surface area contributed by atoms with Gasteiger partial charge >= 0.3 is 0 Å². The Morgan fingerprint density at radius 3 is 1.38 bits per heavy atom. The van der Waals surface area contributed by atoms with Gasteiger partial charge in [0.25, 0.3) is 0 Å². The quantitative estimate of drug-likeness (QED) is 0.763. The van der Waals surface area contributed by atoms with Crippen LogP contribution >= 0.6 is 0 Å². The van der Waals surface area contributed by atoms with Gasteiger partial charge in [0.05, 0.1) is 11.5 Å². The number of hydrogen-bond acceptors (Lipinski definition) is 6. The Labute approximate surface area is 94.5 Å². The first-order valence-electron chi connectivity index (χ1n) is 4.62. The molecule has 1 heterocycles. The van der Waals surface area contributed by atoms with Gasteiger partial charge in [-0.25, -0.2) is 16.8 Å². The minimum Gasteiger partial charge on any atom is -0.222 e. The maximum Gasteiger partial charge on any atom is 0.197 e. The highest BCUT2D eigenvalue weighted by molar-refractivity contribution is 7.91. The molecule has 0 aliphatic carbocycles. The molecule has 0 radical (unpaired) electrons. The van der Waals surface area contributed by atoms with Gasteiger partial charge in [-0.15, -0.1) is 10.2 Å². The molecule has 0 bridgehead atoms. The molecule has 6 nitrogen and oxygen atoms in total. The number of rotatable bonds is 4. The average molecular weight is 264 g/mol. The zero-order valence-electron chi connectivity index (χ0n) is 8.91. The maximum atomic E-state index is 11.4. The second kappa shape index (κ2) is 4.46. The van der Waals surface area contributed by atoms with Crippen LogP contribution in [0.5, 0.6) is 0 Å². The van der Waals surface area contributed by atoms with Crippen molar-refractivity contribution in [3.05, 3.63) is 12.1 Å². The lowest BCUT2D eigenvalue weighted by Crippen LogP contribution is -2.11. The lowest BCUT2D eigenvalue weighted by molar-refractivity contribution is 0.581. The first-order valence-corrected chi connectivity index (χ1v) is 7.93. The van der Waals surface area contributed by atoms with Crippen LogP contribution in [0.15, 0.2) is 22.2 Å². The molecule has 0 saturated carbocycles. The van der Waals surface area contributed by atoms with E-state index in [1.807, 2.05) is 0 Å². The maximum absolute atomic E-state index is 11.4. The molecule has 0 aromatic carbocycles. The molecule has 8 heteroatoms. The molecule has 16 heavy (non-hydrogen) atoms. The smallest absolute Gasteiger partial charge is 0.197 e. The summed E-state index contributed by atoms with van der Waals surface area (Å²) < 4.78 is 45.5. The van der Waals surface area contributed by atoms with Gasteiger partial charge in [-0.05, 0) is 12.1 Å². The van der Waals surface area contributed by atoms with Crippen molar-refractivity contribution in [2.45, 2.75) is 23.9 Å². The molecule has 0 aliphatic rings. The van der Waals surface area contributed by atoms with Crippen molar-refractivity contribution >= 4 is 19.7 Å². The molecule has 0 atom stereocenters. The van der Waals surface area contributed by atoms with Gasteiger partial charge < -0.3 is 0 Å². The fourth-order valence-corrected chi connectivity index (χ4v) is 2.41. The number of sulfone groups is 2. The summed E-state index contributed by atoms with van der Waals surface area (Å²) in [4.78, 5) is 0. The lowest BCUT2D eigenvalue weighted by Gasteiger charge is -2.01. The lowest BCUT2D eigenvalue weighted by atomic mass is 10.6. The van der Waals surface area contributed by atoms with Crippen LogP contribution in [0.25, 0.3) is 0 Å². The molecular weight excluding hydrogens is 252 g/mol. The van der Waals surface area contributed by atoms with Crippen molar-refractivity contribution in [1.29, 1.82) is 0 Å². The predicted octanol–water partition coefficient (Wildman–Crippen LogP) is 0.0638. The van der Waals surface area contributed by atoms with E-state index >= 15 is 0 Å². The molecule has 0 saturated heterocycles. The number of aromatic nitrogens is 2. The fraction of sp³-hybridized carbons (Fsp3) is 0.500. The van der Waals surface area contributed by atoms with Crippen molar-refractivity contribution in [2.75, 3.05) is 11.5 Å². The van der Waals surface area contributed by atoms with E-state index in [0.29, 0.717) is 0 Å². The summed E-state index contributed by atoms with van der Waals surface area (Å²) in [6.07, 6.45) is 0. The zero-order chi connectivity index (χ0) is 12.4. The zero-order valence-corrected chi connectivity index (χ0v) is 10.5. The third-order valence-electron chi connectivity index (χ3n) is 2.01. The Bertz CT molecular complexity index is 508. The van der Waals surface area contributed by atoms with Crippen molar-refractivity contribution in [2.24, 2.45) is 0 Å². The van der Waals surface area contributed by atoms with Gasteiger partial charge in [-0.1, -0.05) is 13.8 Å². The normalized spacial score (nSPS) is 12.6. The van der Waals surface area contributed by atoms with Crippen LogP contribution < -0.4 is 0 Å². The van der Waals surface area contributed by atoms with Crippen LogP contribution in [0.3, 0.4) is 0 Å². The van der Waals surface area contributed by atoms with Gasteiger partial charge in [0.15, 0.2) is 29.7 Å². The van der Waals surface area contributed by atoms with Crippen molar-refractivity contribution < 1.29 is 16.8 Å². The number of hydrogen-bond donors (Lipinski definition) is 0. The van der Waals surface area contributed by atoms with Crippen LogP contribution in [-0.2, 0) is 19.7 Å². The standard InChI is InChI=1S/C8H12N2O4S2/c1-3-15(11,12)7-5-6-8(10-9-7)16(13,14)4-2/h5-6H,3-4H2,1-2H3. The van der Waals surface area contributed by atoms with Crippen molar-refractivity contribution in [3.63, 3.8) is 0 Å². The van der Waals surface area contributed by atoms with Crippen LogP contribution in [0.4, 0.5) is 0 Å². The predicted molar refractivity (Wildman–Crippen MR) is 57.5 cm³/mol. The summed E-state index contributed by atoms with van der Waals surface area (Å²) in [5.74, 6) is -0.191. The summed E-state index contributed by atoms with van der Waals surface area (Å²) in [5.41, 5.74) is 0. The largest absolute Gasteiger partial charge is 0.222 e. The summed E-state index contributed by atoms with van der Waals surface area (Å²) in [6.45, 7) is 2.96. The summed E-state index contributed by atoms with van der Waals surface area (Å²) in [7, 11) is -6.87. The molecule has 0 fully saturated rings. The van der Waals surface area contributed by atoms with E-state index in [1.165, 1.54) is 13.8 Å². The van der Waals surface area contributed by atoms with Crippen LogP contribution in [0.2, 0.25) is 0 Å². The van der Waals surface area contributed by atoms with E-state index in [2.05, 4.69) is 10.2 Å². The Morgan fingerprint density at radius 2 is 1.19 bits per heavy atom. The van der Waals surface area contributed by atoms with Crippen LogP contribution in [0, 0.1) is 0 Å². The van der Waals surface area contributed by atoms with Crippen LogP contribution in [-0.4, -0.2) is 38.5 Å². The van der Waals surface area contributed by atoms with E-state index in [1.54, 1.807) is 0 Å². The van der Waals surface area contributed by atoms with E-state index in [9.17, 15) is 16.8 Å². The topological polar surface area (TPSA) is 94.1 Å². The van der Waals surface area contributed by atoms with E-state index in [-0.39, 0.29) is 21.6 Å². The molecule has 0 amide bonds. The molecule has 0 spiro atoms. The van der Waals surface area contributed by atoms with Gasteiger partial charge in [0.2, 0.25) is 0 Å². The Morgan fingerprint density at radius 1 is 0.875 bits per heavy atom. The third kappa shape index (κ3) is 2.56. The van der Waals surface area contributed by atoms with Gasteiger partial charge in [-0.2, -0.15) is 0 Å². The SMILES string of the molecule is CCS(=O)(=O)c1ccc(S(=O)(=O)CC)nn1. The summed E-state index contributed by atoms with van der Waals surface area (Å²) in [6, 6.07) is 2.32. The highest BCUT2D eigenvalue weighted by Crippen LogP contribution is 2.10. The Hall–Kier alpha value is -1.02. The van der Waals surface area contributed by atoms with Gasteiger partial charge in [0, 0.05) is 0 Å². The molecular formula is C8H12N2O4S2. The second-order valence-electron chi connectivity index (χ2n) is 3.02. The first kappa shape index (κ1) is 13.0. The average Bonchev–Trinajstić information content (AvgIpc) is 2.29. The molecule has 1 rings (SSSR count). The molecule has 1 aromatic heterocycles. The molecule has 0 N–H and O–H groups in total. The van der Waals surface area contributed by atoms with Crippen molar-refractivity contribution in [3.8, 4) is 0 Å². The second-order valence-corrected chi connectivity index (χ2v) is 7.47. The highest BCUT2D eigenvalue weighted by Gasteiger charge is 2.18. The fourth-order valence-electron chi connectivity index (χ4n) is 0.935. The Balaban J connectivity index is 3.21. The minimum atomic E-state index is -3.44. The molecule has 0 unspecified atom stereocenters. The highest BCUT2D eigenvalue weighted by atomic mass is 32.2. The minimum absolute atomic E-state index is 0.0957. The van der Waals surface area contributed by atoms with E-state index < -0.39 is 19.7 Å². The molecule has 0 aliphatic heterocycles. The van der Waals surface area contributed by atoms with Crippen molar-refractivity contribution in [1.82, 2.24) is 10.2 Å². The number of nitrogens with zero attached hydrogens (tertiary/aromatic N) is 2. The molecule has 90 valence electrons. The summed E-state index contributed by atoms with van der Waals surface area (Å²) >= 11 is 0. The van der Waals surface area contributed by atoms with E-state index in [0.717, 1.165) is 12.1 Å². The molecule has 1 aromatic rings. The van der Waals surface area contributed by atoms with Crippen LogP contribution in [0.1, 0.15) is 13.8 Å². The van der Waals surface area contributed by atoms with Gasteiger partial charge in [0.1, 0.15) is 0 Å². The van der Waals surface area contributed by atoms with E-state index in [4.69, 9.17) is 0 Å². The summed E-state index contributed by atoms with van der Waals surface area (Å²) in [5, 5.41) is 6.43. The Kier molecular flexibility index (Phi) is 3.64. The van der Waals surface area contributed by atoms with Gasteiger partial charge in [-0.3, -0.25) is 0 Å². The monoisotopic (exact) mass is 264 g/mol.